The molecule has 0 saturated carbocycles. The first kappa shape index (κ1) is 18.4. The predicted molar refractivity (Wildman–Crippen MR) is 88.1 cm³/mol. The number of rotatable bonds is 7. The van der Waals surface area contributed by atoms with Crippen LogP contribution in [0.15, 0.2) is 25.6 Å². The van der Waals surface area contributed by atoms with Crippen LogP contribution in [0.4, 0.5) is 11.5 Å². The van der Waals surface area contributed by atoms with Crippen LogP contribution < -0.4 is 10.4 Å². The van der Waals surface area contributed by atoms with Crippen LogP contribution in [0.5, 0.6) is 5.88 Å². The van der Waals surface area contributed by atoms with E-state index >= 15 is 0 Å². The molecule has 0 spiro atoms. The third kappa shape index (κ3) is 3.92. The second-order valence-electron chi connectivity index (χ2n) is 5.32. The molecular weight excluding hydrogens is 326 g/mol. The van der Waals surface area contributed by atoms with Crippen LogP contribution in [0, 0.1) is 25.2 Å². The molecule has 0 aliphatic carbocycles. The van der Waals surface area contributed by atoms with E-state index in [4.69, 9.17) is 14.3 Å². The second kappa shape index (κ2) is 8.21. The zero-order valence-corrected chi connectivity index (χ0v) is 14.6. The van der Waals surface area contributed by atoms with Gasteiger partial charge in [0, 0.05) is 18.2 Å². The maximum Gasteiger partial charge on any atom is 0.271 e. The van der Waals surface area contributed by atoms with E-state index in [9.17, 15) is 10.1 Å². The van der Waals surface area contributed by atoms with Gasteiger partial charge >= 0.3 is 0 Å². The van der Waals surface area contributed by atoms with E-state index in [1.54, 1.807) is 19.9 Å². The molecule has 0 bridgehead atoms. The van der Waals surface area contributed by atoms with Gasteiger partial charge in [-0.3, -0.25) is 9.36 Å². The van der Waals surface area contributed by atoms with Crippen molar-refractivity contribution in [1.82, 2.24) is 9.72 Å². The van der Waals surface area contributed by atoms with Gasteiger partial charge < -0.3 is 9.41 Å². The molecule has 0 aliphatic rings. The van der Waals surface area contributed by atoms with Crippen molar-refractivity contribution in [2.45, 2.75) is 40.2 Å². The number of aromatic nitrogens is 2. The van der Waals surface area contributed by atoms with Crippen molar-refractivity contribution >= 4 is 11.5 Å². The Hall–Kier alpha value is -2.99. The molecule has 25 heavy (non-hydrogen) atoms. The molecule has 2 heterocycles. The molecule has 0 saturated heterocycles. The van der Waals surface area contributed by atoms with E-state index in [2.05, 4.69) is 15.4 Å². The number of azo groups is 1. The Morgan fingerprint density at radius 1 is 1.40 bits per heavy atom. The smallest absolute Gasteiger partial charge is 0.271 e. The molecule has 9 heteroatoms. The quantitative estimate of drug-likeness (QED) is 0.431. The van der Waals surface area contributed by atoms with E-state index in [1.807, 2.05) is 13.0 Å². The number of pyridine rings is 1. The van der Waals surface area contributed by atoms with Crippen LogP contribution in [0.25, 0.3) is 0 Å². The Bertz CT molecular complexity index is 876. The predicted octanol–water partition coefficient (Wildman–Crippen LogP) is 3.48. The summed E-state index contributed by atoms with van der Waals surface area (Å²) in [5.74, 6) is 0.955. The van der Waals surface area contributed by atoms with E-state index in [0.717, 1.165) is 12.8 Å². The molecule has 0 amide bonds. The first-order valence-electron chi connectivity index (χ1n) is 7.76. The molecule has 0 radical (unpaired) electrons. The van der Waals surface area contributed by atoms with Gasteiger partial charge in [0.15, 0.2) is 5.69 Å². The lowest BCUT2D eigenvalue weighted by molar-refractivity contribution is -0.183. The van der Waals surface area contributed by atoms with Crippen molar-refractivity contribution in [3.63, 3.8) is 0 Å². The number of unbranched alkanes of at least 4 members (excludes halogenated alkanes) is 1. The summed E-state index contributed by atoms with van der Waals surface area (Å²) < 4.78 is 6.27. The Labute approximate surface area is 144 Å². The monoisotopic (exact) mass is 345 g/mol. The molecule has 0 unspecified atom stereocenters. The van der Waals surface area contributed by atoms with Crippen LogP contribution in [-0.2, 0) is 11.4 Å². The van der Waals surface area contributed by atoms with E-state index < -0.39 is 5.56 Å². The maximum atomic E-state index is 12.6. The summed E-state index contributed by atoms with van der Waals surface area (Å²) in [6, 6.07) is 3.53. The molecule has 9 nitrogen and oxygen atoms in total. The number of hydrogen-bond donors (Lipinski definition) is 0. The molecule has 2 aromatic heterocycles. The summed E-state index contributed by atoms with van der Waals surface area (Å²) in [5, 5.41) is 21.2. The molecule has 0 aliphatic heterocycles. The van der Waals surface area contributed by atoms with Crippen molar-refractivity contribution in [3.8, 4) is 11.9 Å². The minimum Gasteiger partial charge on any atom is -0.359 e. The van der Waals surface area contributed by atoms with E-state index in [1.165, 1.54) is 11.7 Å². The minimum atomic E-state index is -0.447. The zero-order valence-electron chi connectivity index (χ0n) is 14.6. The highest BCUT2D eigenvalue weighted by atomic mass is 17.2. The van der Waals surface area contributed by atoms with Crippen molar-refractivity contribution in [1.29, 1.82) is 5.26 Å². The summed E-state index contributed by atoms with van der Waals surface area (Å²) in [7, 11) is 1.32. The summed E-state index contributed by atoms with van der Waals surface area (Å²) in [4.78, 5) is 22.5. The fourth-order valence-corrected chi connectivity index (χ4v) is 2.23. The molecule has 0 atom stereocenters. The average molecular weight is 345 g/mol. The zero-order chi connectivity index (χ0) is 18.4. The van der Waals surface area contributed by atoms with Crippen molar-refractivity contribution < 1.29 is 14.3 Å². The summed E-state index contributed by atoms with van der Waals surface area (Å²) in [6.07, 6.45) is 1.59. The highest BCUT2D eigenvalue weighted by Gasteiger charge is 2.21. The lowest BCUT2D eigenvalue weighted by Gasteiger charge is -2.15. The van der Waals surface area contributed by atoms with Gasteiger partial charge in [-0.15, -0.1) is 10.2 Å². The highest BCUT2D eigenvalue weighted by Crippen LogP contribution is 2.33. The van der Waals surface area contributed by atoms with Gasteiger partial charge in [-0.1, -0.05) is 18.5 Å². The first-order chi connectivity index (χ1) is 12.0. The fourth-order valence-electron chi connectivity index (χ4n) is 2.23. The van der Waals surface area contributed by atoms with Crippen LogP contribution in [0.3, 0.4) is 0 Å². The van der Waals surface area contributed by atoms with Crippen LogP contribution in [0.2, 0.25) is 0 Å². The Kier molecular flexibility index (Phi) is 6.03. The van der Waals surface area contributed by atoms with Crippen molar-refractivity contribution in [2.75, 3.05) is 7.11 Å². The van der Waals surface area contributed by atoms with Gasteiger partial charge in [-0.2, -0.15) is 10.1 Å². The van der Waals surface area contributed by atoms with Crippen molar-refractivity contribution in [3.05, 3.63) is 33.3 Å². The molecular formula is C16H19N5O4. The summed E-state index contributed by atoms with van der Waals surface area (Å²) in [5.41, 5.74) is 0.132. The third-order valence-corrected chi connectivity index (χ3v) is 3.51. The normalized spacial score (nSPS) is 11.0. The standard InChI is InChI=1S/C16H19N5O4/c1-5-6-7-21-15(22)12(9-17)11(3)14(16(21)25-23-4)19-18-13-8-10(2)24-20-13/h8H,5-7H2,1-4H3. The van der Waals surface area contributed by atoms with Crippen molar-refractivity contribution in [2.24, 2.45) is 10.2 Å². The maximum absolute atomic E-state index is 12.6. The van der Waals surface area contributed by atoms with Crippen LogP contribution in [0.1, 0.15) is 36.7 Å². The average Bonchev–Trinajstić information content (AvgIpc) is 3.00. The third-order valence-electron chi connectivity index (χ3n) is 3.51. The molecule has 0 aromatic carbocycles. The largest absolute Gasteiger partial charge is 0.359 e. The number of hydrogen-bond acceptors (Lipinski definition) is 8. The Morgan fingerprint density at radius 3 is 2.72 bits per heavy atom. The molecule has 2 aromatic rings. The fraction of sp³-hybridized carbons (Fsp3) is 0.438. The number of aryl methyl sites for hydroxylation is 1. The topological polar surface area (TPSA) is 115 Å². The van der Waals surface area contributed by atoms with Gasteiger partial charge in [0.05, 0.1) is 7.11 Å². The number of nitriles is 1. The van der Waals surface area contributed by atoms with Gasteiger partial charge in [0.25, 0.3) is 11.4 Å². The molecule has 0 fully saturated rings. The summed E-state index contributed by atoms with van der Waals surface area (Å²) in [6.45, 7) is 5.70. The van der Waals surface area contributed by atoms with Gasteiger partial charge in [0.2, 0.25) is 5.82 Å². The molecule has 132 valence electrons. The Balaban J connectivity index is 2.64. The Morgan fingerprint density at radius 2 is 2.16 bits per heavy atom. The lowest BCUT2D eigenvalue weighted by Crippen LogP contribution is -2.25. The van der Waals surface area contributed by atoms with E-state index in [0.29, 0.717) is 17.9 Å². The van der Waals surface area contributed by atoms with Crippen LogP contribution in [-0.4, -0.2) is 16.8 Å². The van der Waals surface area contributed by atoms with Gasteiger partial charge in [-0.25, -0.2) is 0 Å². The number of nitrogens with zero attached hydrogens (tertiary/aromatic N) is 5. The van der Waals surface area contributed by atoms with Gasteiger partial charge in [-0.05, 0) is 20.3 Å². The van der Waals surface area contributed by atoms with Crippen LogP contribution >= 0.6 is 0 Å². The van der Waals surface area contributed by atoms with Gasteiger partial charge in [0.1, 0.15) is 17.4 Å². The highest BCUT2D eigenvalue weighted by molar-refractivity contribution is 5.59. The SMILES string of the molecule is CCCCn1c(OOC)c(N=Nc2cc(C)on2)c(C)c(C#N)c1=O. The lowest BCUT2D eigenvalue weighted by atomic mass is 10.1. The summed E-state index contributed by atoms with van der Waals surface area (Å²) >= 11 is 0. The first-order valence-corrected chi connectivity index (χ1v) is 7.76. The second-order valence-corrected chi connectivity index (χ2v) is 5.32. The minimum absolute atomic E-state index is 0.00941. The molecule has 2 rings (SSSR count). The van der Waals surface area contributed by atoms with E-state index in [-0.39, 0.29) is 22.9 Å². The molecule has 0 N–H and O–H groups in total.